The summed E-state index contributed by atoms with van der Waals surface area (Å²) in [6, 6.07) is 4.10. The van der Waals surface area contributed by atoms with Crippen molar-refractivity contribution in [1.82, 2.24) is 9.47 Å². The molecule has 1 aliphatic heterocycles. The lowest BCUT2D eigenvalue weighted by Crippen LogP contribution is -2.44. The first-order valence-electron chi connectivity index (χ1n) is 8.82. The van der Waals surface area contributed by atoms with Gasteiger partial charge >= 0.3 is 5.97 Å². The Morgan fingerprint density at radius 1 is 1.16 bits per heavy atom. The van der Waals surface area contributed by atoms with Crippen LogP contribution in [0, 0.1) is 6.92 Å². The minimum Gasteiger partial charge on any atom is -0.477 e. The van der Waals surface area contributed by atoms with Crippen molar-refractivity contribution in [2.24, 2.45) is 0 Å². The number of hydrogen-bond acceptors (Lipinski definition) is 4. The van der Waals surface area contributed by atoms with Gasteiger partial charge in [0.25, 0.3) is 0 Å². The Labute approximate surface area is 146 Å². The second-order valence-electron chi connectivity index (χ2n) is 7.21. The quantitative estimate of drug-likeness (QED) is 0.926. The number of likely N-dealkylation sites (N-methyl/N-ethyl adjacent to an activating group) is 1. The number of benzene rings is 1. The van der Waals surface area contributed by atoms with Crippen LogP contribution in [0.1, 0.15) is 34.8 Å². The molecular formula is C19H23N3O3. The number of hydrogen-bond donors (Lipinski definition) is 1. The molecule has 2 aliphatic rings. The minimum atomic E-state index is -1.15. The van der Waals surface area contributed by atoms with Crippen LogP contribution < -0.4 is 10.3 Å². The first-order chi connectivity index (χ1) is 12.0. The largest absolute Gasteiger partial charge is 0.477 e. The van der Waals surface area contributed by atoms with Gasteiger partial charge in [0.1, 0.15) is 5.56 Å². The fourth-order valence-electron chi connectivity index (χ4n) is 3.80. The molecule has 0 amide bonds. The number of anilines is 1. The van der Waals surface area contributed by atoms with Crippen LogP contribution in [-0.2, 0) is 0 Å². The molecule has 6 nitrogen and oxygen atoms in total. The Hall–Kier alpha value is -2.34. The van der Waals surface area contributed by atoms with Gasteiger partial charge in [-0.3, -0.25) is 4.79 Å². The highest BCUT2D eigenvalue weighted by Gasteiger charge is 2.28. The van der Waals surface area contributed by atoms with E-state index in [1.807, 2.05) is 16.7 Å². The molecule has 0 radical (unpaired) electrons. The van der Waals surface area contributed by atoms with Gasteiger partial charge in [-0.2, -0.15) is 0 Å². The molecule has 25 heavy (non-hydrogen) atoms. The standard InChI is InChI=1S/C19H23N3O3/c1-12-16(21-9-7-20(2)8-10-21)6-5-14-17(12)22(13-3-4-13)11-15(18(14)23)19(24)25/h5-6,11,13H,3-4,7-10H2,1-2H3,(H,24,25). The van der Waals surface area contributed by atoms with Gasteiger partial charge in [0.2, 0.25) is 5.43 Å². The maximum Gasteiger partial charge on any atom is 0.341 e. The molecule has 1 N–H and O–H groups in total. The lowest BCUT2D eigenvalue weighted by Gasteiger charge is -2.35. The van der Waals surface area contributed by atoms with Crippen molar-refractivity contribution in [1.29, 1.82) is 0 Å². The normalized spacial score (nSPS) is 18.7. The highest BCUT2D eigenvalue weighted by atomic mass is 16.4. The van der Waals surface area contributed by atoms with E-state index < -0.39 is 5.97 Å². The maximum absolute atomic E-state index is 12.6. The summed E-state index contributed by atoms with van der Waals surface area (Å²) < 4.78 is 2.02. The van der Waals surface area contributed by atoms with Crippen LogP contribution in [0.15, 0.2) is 23.1 Å². The molecule has 6 heteroatoms. The van der Waals surface area contributed by atoms with Gasteiger partial charge in [0, 0.05) is 49.5 Å². The second kappa shape index (κ2) is 5.88. The van der Waals surface area contributed by atoms with E-state index in [0.29, 0.717) is 11.4 Å². The molecule has 0 spiro atoms. The zero-order valence-electron chi connectivity index (χ0n) is 14.7. The number of nitrogens with zero attached hydrogens (tertiary/aromatic N) is 3. The predicted molar refractivity (Wildman–Crippen MR) is 97.9 cm³/mol. The first-order valence-corrected chi connectivity index (χ1v) is 8.82. The highest BCUT2D eigenvalue weighted by Crippen LogP contribution is 2.39. The van der Waals surface area contributed by atoms with Crippen molar-refractivity contribution in [3.8, 4) is 0 Å². The zero-order chi connectivity index (χ0) is 17.7. The van der Waals surface area contributed by atoms with Gasteiger partial charge in [-0.05, 0) is 44.5 Å². The third kappa shape index (κ3) is 2.70. The number of aryl methyl sites for hydroxylation is 1. The molecule has 0 bridgehead atoms. The molecule has 1 saturated carbocycles. The van der Waals surface area contributed by atoms with Gasteiger partial charge in [-0.1, -0.05) is 0 Å². The van der Waals surface area contributed by atoms with Crippen molar-refractivity contribution >= 4 is 22.6 Å². The molecule has 132 valence electrons. The summed E-state index contributed by atoms with van der Waals surface area (Å²) in [6.45, 7) is 6.01. The fourth-order valence-corrected chi connectivity index (χ4v) is 3.80. The third-order valence-corrected chi connectivity index (χ3v) is 5.43. The van der Waals surface area contributed by atoms with E-state index in [9.17, 15) is 14.7 Å². The average Bonchev–Trinajstić information content (AvgIpc) is 3.41. The zero-order valence-corrected chi connectivity index (χ0v) is 14.7. The van der Waals surface area contributed by atoms with Gasteiger partial charge in [-0.15, -0.1) is 0 Å². The average molecular weight is 341 g/mol. The molecule has 1 saturated heterocycles. The predicted octanol–water partition coefficient (Wildman–Crippen LogP) is 2.09. The molecular weight excluding hydrogens is 318 g/mol. The summed E-state index contributed by atoms with van der Waals surface area (Å²) in [5.41, 5.74) is 2.60. The molecule has 2 heterocycles. The number of pyridine rings is 1. The summed E-state index contributed by atoms with van der Waals surface area (Å²) in [7, 11) is 2.13. The van der Waals surface area contributed by atoms with Gasteiger partial charge in [0.15, 0.2) is 0 Å². The van der Waals surface area contributed by atoms with E-state index in [1.54, 1.807) is 6.20 Å². The van der Waals surface area contributed by atoms with E-state index in [0.717, 1.165) is 55.8 Å². The van der Waals surface area contributed by atoms with E-state index in [2.05, 4.69) is 23.8 Å². The van der Waals surface area contributed by atoms with Crippen LogP contribution >= 0.6 is 0 Å². The SMILES string of the molecule is Cc1c(N2CCN(C)CC2)ccc2c(=O)c(C(=O)O)cn(C3CC3)c12. The summed E-state index contributed by atoms with van der Waals surface area (Å²) in [5, 5.41) is 9.89. The van der Waals surface area contributed by atoms with Crippen LogP contribution in [0.5, 0.6) is 0 Å². The van der Waals surface area contributed by atoms with E-state index in [-0.39, 0.29) is 11.0 Å². The van der Waals surface area contributed by atoms with Crippen LogP contribution in [0.25, 0.3) is 10.9 Å². The molecule has 0 unspecified atom stereocenters. The van der Waals surface area contributed by atoms with Crippen molar-refractivity contribution < 1.29 is 9.90 Å². The summed E-state index contributed by atoms with van der Waals surface area (Å²) in [6.07, 6.45) is 3.62. The summed E-state index contributed by atoms with van der Waals surface area (Å²) >= 11 is 0. The van der Waals surface area contributed by atoms with Crippen LogP contribution in [-0.4, -0.2) is 53.8 Å². The summed E-state index contributed by atoms with van der Waals surface area (Å²) in [4.78, 5) is 28.8. The molecule has 1 aromatic heterocycles. The Morgan fingerprint density at radius 3 is 2.44 bits per heavy atom. The highest BCUT2D eigenvalue weighted by molar-refractivity contribution is 5.95. The number of aromatic nitrogens is 1. The van der Waals surface area contributed by atoms with E-state index in [4.69, 9.17) is 0 Å². The van der Waals surface area contributed by atoms with Crippen LogP contribution in [0.2, 0.25) is 0 Å². The molecule has 1 aliphatic carbocycles. The van der Waals surface area contributed by atoms with Crippen molar-refractivity contribution in [3.05, 3.63) is 39.7 Å². The number of rotatable bonds is 3. The smallest absolute Gasteiger partial charge is 0.341 e. The lowest BCUT2D eigenvalue weighted by molar-refractivity contribution is 0.0695. The summed E-state index contributed by atoms with van der Waals surface area (Å²) in [5.74, 6) is -1.15. The van der Waals surface area contributed by atoms with Crippen LogP contribution in [0.3, 0.4) is 0 Å². The number of fused-ring (bicyclic) bond motifs is 1. The maximum atomic E-state index is 12.6. The van der Waals surface area contributed by atoms with Gasteiger partial charge in [0.05, 0.1) is 5.52 Å². The number of piperazine rings is 1. The Kier molecular flexibility index (Phi) is 3.80. The molecule has 0 atom stereocenters. The van der Waals surface area contributed by atoms with Crippen molar-refractivity contribution in [2.45, 2.75) is 25.8 Å². The van der Waals surface area contributed by atoms with Gasteiger partial charge in [-0.25, -0.2) is 4.79 Å². The van der Waals surface area contributed by atoms with E-state index in [1.165, 1.54) is 0 Å². The molecule has 2 fully saturated rings. The molecule has 2 aromatic rings. The monoisotopic (exact) mass is 341 g/mol. The first kappa shape index (κ1) is 16.1. The number of carbonyl (C=O) groups is 1. The number of aromatic carboxylic acids is 1. The van der Waals surface area contributed by atoms with E-state index >= 15 is 0 Å². The molecule has 4 rings (SSSR count). The Balaban J connectivity index is 1.91. The topological polar surface area (TPSA) is 65.8 Å². The Bertz CT molecular complexity index is 906. The van der Waals surface area contributed by atoms with Gasteiger partial charge < -0.3 is 19.5 Å². The Morgan fingerprint density at radius 2 is 1.84 bits per heavy atom. The minimum absolute atomic E-state index is 0.133. The third-order valence-electron chi connectivity index (χ3n) is 5.43. The van der Waals surface area contributed by atoms with Crippen LogP contribution in [0.4, 0.5) is 5.69 Å². The fraction of sp³-hybridized carbons (Fsp3) is 0.474. The van der Waals surface area contributed by atoms with Crippen molar-refractivity contribution in [2.75, 3.05) is 38.1 Å². The van der Waals surface area contributed by atoms with Crippen molar-refractivity contribution in [3.63, 3.8) is 0 Å². The second-order valence-corrected chi connectivity index (χ2v) is 7.21. The molecule has 1 aromatic carbocycles. The number of carboxylic acids is 1. The lowest BCUT2D eigenvalue weighted by atomic mass is 10.0. The number of carboxylic acid groups (broad SMARTS) is 1.